The van der Waals surface area contributed by atoms with Crippen molar-refractivity contribution in [1.29, 1.82) is 0 Å². The molecule has 0 unspecified atom stereocenters. The van der Waals surface area contributed by atoms with E-state index < -0.39 is 0 Å². The van der Waals surface area contributed by atoms with E-state index in [0.29, 0.717) is 36.5 Å². The Kier molecular flexibility index (Phi) is 6.91. The molecular weight excluding hydrogens is 342 g/mol. The fourth-order valence-corrected chi connectivity index (χ4v) is 4.24. The highest BCUT2D eigenvalue weighted by atomic mass is 16.5. The van der Waals surface area contributed by atoms with Crippen LogP contribution < -0.4 is 5.32 Å². The lowest BCUT2D eigenvalue weighted by Gasteiger charge is -2.33. The second kappa shape index (κ2) is 9.38. The zero-order chi connectivity index (χ0) is 19.2. The largest absolute Gasteiger partial charge is 0.359 e. The van der Waals surface area contributed by atoms with Crippen LogP contribution in [0.1, 0.15) is 87.9 Å². The van der Waals surface area contributed by atoms with Gasteiger partial charge in [0, 0.05) is 24.6 Å². The summed E-state index contributed by atoms with van der Waals surface area (Å²) >= 11 is 0. The van der Waals surface area contributed by atoms with E-state index in [1.54, 1.807) is 6.07 Å². The molecule has 1 aromatic rings. The zero-order valence-electron chi connectivity index (χ0n) is 16.7. The van der Waals surface area contributed by atoms with E-state index >= 15 is 0 Å². The molecule has 6 nitrogen and oxygen atoms in total. The Morgan fingerprint density at radius 1 is 1.15 bits per heavy atom. The summed E-state index contributed by atoms with van der Waals surface area (Å²) in [6.45, 7) is 5.12. The molecular formula is C21H33N3O3. The molecule has 6 heteroatoms. The topological polar surface area (TPSA) is 75.4 Å². The summed E-state index contributed by atoms with van der Waals surface area (Å²) in [6, 6.07) is 1.98. The molecule has 2 saturated carbocycles. The minimum Gasteiger partial charge on any atom is -0.359 e. The molecule has 0 aromatic carbocycles. The van der Waals surface area contributed by atoms with Crippen LogP contribution in [0.5, 0.6) is 0 Å². The summed E-state index contributed by atoms with van der Waals surface area (Å²) in [5, 5.41) is 6.77. The lowest BCUT2D eigenvalue weighted by Crippen LogP contribution is -2.42. The highest BCUT2D eigenvalue weighted by Gasteiger charge is 2.33. The van der Waals surface area contributed by atoms with E-state index in [-0.39, 0.29) is 17.7 Å². The molecule has 3 rings (SSSR count). The van der Waals surface area contributed by atoms with Gasteiger partial charge in [-0.25, -0.2) is 0 Å². The smallest absolute Gasteiger partial charge is 0.273 e. The van der Waals surface area contributed by atoms with Gasteiger partial charge < -0.3 is 14.7 Å². The Morgan fingerprint density at radius 2 is 1.81 bits per heavy atom. The number of carbonyl (C=O) groups excluding carboxylic acids is 2. The number of nitrogens with zero attached hydrogens (tertiary/aromatic N) is 2. The minimum atomic E-state index is -0.218. The van der Waals surface area contributed by atoms with Crippen molar-refractivity contribution < 1.29 is 14.1 Å². The second-order valence-electron chi connectivity index (χ2n) is 8.52. The van der Waals surface area contributed by atoms with Gasteiger partial charge in [0.05, 0.1) is 6.54 Å². The summed E-state index contributed by atoms with van der Waals surface area (Å²) < 4.78 is 5.42. The summed E-state index contributed by atoms with van der Waals surface area (Å²) in [7, 11) is 0. The number of hydrogen-bond donors (Lipinski definition) is 1. The SMILES string of the molecule is CC(C)CNC(=O)c1cc(CN(C(=O)C2CCCCC2)C2CCCC2)on1. The Balaban J connectivity index is 1.67. The average molecular weight is 376 g/mol. The van der Waals surface area contributed by atoms with Crippen molar-refractivity contribution in [1.82, 2.24) is 15.4 Å². The van der Waals surface area contributed by atoms with Crippen LogP contribution in [-0.2, 0) is 11.3 Å². The first-order chi connectivity index (χ1) is 13.0. The summed E-state index contributed by atoms with van der Waals surface area (Å²) in [5.74, 6) is 1.18. The van der Waals surface area contributed by atoms with E-state index in [1.807, 2.05) is 18.7 Å². The molecule has 0 atom stereocenters. The van der Waals surface area contributed by atoms with Gasteiger partial charge in [-0.1, -0.05) is 51.1 Å². The molecule has 150 valence electrons. The van der Waals surface area contributed by atoms with E-state index in [1.165, 1.54) is 19.3 Å². The first-order valence-corrected chi connectivity index (χ1v) is 10.6. The van der Waals surface area contributed by atoms with Gasteiger partial charge in [-0.2, -0.15) is 0 Å². The van der Waals surface area contributed by atoms with Crippen molar-refractivity contribution in [3.63, 3.8) is 0 Å². The number of amides is 2. The molecule has 0 spiro atoms. The predicted molar refractivity (Wildman–Crippen MR) is 103 cm³/mol. The third-order valence-corrected chi connectivity index (χ3v) is 5.79. The highest BCUT2D eigenvalue weighted by molar-refractivity contribution is 5.92. The van der Waals surface area contributed by atoms with Gasteiger partial charge in [0.25, 0.3) is 5.91 Å². The average Bonchev–Trinajstić information content (AvgIpc) is 3.36. The van der Waals surface area contributed by atoms with Crippen molar-refractivity contribution >= 4 is 11.8 Å². The van der Waals surface area contributed by atoms with E-state index in [2.05, 4.69) is 10.5 Å². The Hall–Kier alpha value is -1.85. The third-order valence-electron chi connectivity index (χ3n) is 5.79. The Labute approximate surface area is 162 Å². The third kappa shape index (κ3) is 5.33. The number of rotatable bonds is 7. The number of nitrogens with one attached hydrogen (secondary N) is 1. The van der Waals surface area contributed by atoms with Crippen molar-refractivity contribution in [3.8, 4) is 0 Å². The van der Waals surface area contributed by atoms with Crippen molar-refractivity contribution in [2.45, 2.75) is 84.2 Å². The fourth-order valence-electron chi connectivity index (χ4n) is 4.24. The summed E-state index contributed by atoms with van der Waals surface area (Å²) in [5.41, 5.74) is 0.294. The van der Waals surface area contributed by atoms with Gasteiger partial charge >= 0.3 is 0 Å². The normalized spacial score (nSPS) is 18.8. The molecule has 0 aliphatic heterocycles. The van der Waals surface area contributed by atoms with Crippen LogP contribution in [0.25, 0.3) is 0 Å². The molecule has 0 bridgehead atoms. The van der Waals surface area contributed by atoms with Crippen LogP contribution in [0.4, 0.5) is 0 Å². The molecule has 0 saturated heterocycles. The van der Waals surface area contributed by atoms with Gasteiger partial charge in [-0.3, -0.25) is 9.59 Å². The molecule has 1 aromatic heterocycles. The quantitative estimate of drug-likeness (QED) is 0.784. The zero-order valence-corrected chi connectivity index (χ0v) is 16.7. The number of aromatic nitrogens is 1. The standard InChI is InChI=1S/C21H33N3O3/c1-15(2)13-22-20(25)19-12-18(27-23-19)14-24(17-10-6-7-11-17)21(26)16-8-4-3-5-9-16/h12,15-17H,3-11,13-14H2,1-2H3,(H,22,25). The number of carbonyl (C=O) groups is 2. The maximum Gasteiger partial charge on any atom is 0.273 e. The van der Waals surface area contributed by atoms with Crippen LogP contribution >= 0.6 is 0 Å². The maximum absolute atomic E-state index is 13.2. The van der Waals surface area contributed by atoms with Gasteiger partial charge in [0.15, 0.2) is 11.5 Å². The van der Waals surface area contributed by atoms with Crippen molar-refractivity contribution in [3.05, 3.63) is 17.5 Å². The molecule has 1 N–H and O–H groups in total. The summed E-state index contributed by atoms with van der Waals surface area (Å²) in [4.78, 5) is 27.4. The highest BCUT2D eigenvalue weighted by Crippen LogP contribution is 2.31. The Bertz CT molecular complexity index is 628. The fraction of sp³-hybridized carbons (Fsp3) is 0.762. The molecule has 0 radical (unpaired) electrons. The van der Waals surface area contributed by atoms with E-state index in [0.717, 1.165) is 38.5 Å². The lowest BCUT2D eigenvalue weighted by molar-refractivity contribution is -0.140. The molecule has 2 aliphatic carbocycles. The minimum absolute atomic E-state index is 0.149. The van der Waals surface area contributed by atoms with E-state index in [4.69, 9.17) is 4.52 Å². The monoisotopic (exact) mass is 375 g/mol. The van der Waals surface area contributed by atoms with Gasteiger partial charge in [0.2, 0.25) is 5.91 Å². The molecule has 2 aliphatic rings. The van der Waals surface area contributed by atoms with Crippen LogP contribution in [0.3, 0.4) is 0 Å². The first kappa shape index (κ1) is 19.9. The van der Waals surface area contributed by atoms with Crippen LogP contribution in [0, 0.1) is 11.8 Å². The molecule has 2 amide bonds. The Morgan fingerprint density at radius 3 is 2.48 bits per heavy atom. The maximum atomic E-state index is 13.2. The van der Waals surface area contributed by atoms with Crippen LogP contribution in [0.2, 0.25) is 0 Å². The van der Waals surface area contributed by atoms with Crippen molar-refractivity contribution in [2.75, 3.05) is 6.54 Å². The predicted octanol–water partition coefficient (Wildman–Crippen LogP) is 3.91. The van der Waals surface area contributed by atoms with Crippen molar-refractivity contribution in [2.24, 2.45) is 11.8 Å². The van der Waals surface area contributed by atoms with Gasteiger partial charge in [0.1, 0.15) is 0 Å². The second-order valence-corrected chi connectivity index (χ2v) is 8.52. The van der Waals surface area contributed by atoms with Gasteiger partial charge in [-0.15, -0.1) is 0 Å². The molecule has 27 heavy (non-hydrogen) atoms. The van der Waals surface area contributed by atoms with Gasteiger partial charge in [-0.05, 0) is 31.6 Å². The summed E-state index contributed by atoms with van der Waals surface area (Å²) in [6.07, 6.45) is 10.0. The van der Waals surface area contributed by atoms with Crippen LogP contribution in [-0.4, -0.2) is 34.5 Å². The lowest BCUT2D eigenvalue weighted by atomic mass is 9.88. The number of hydrogen-bond acceptors (Lipinski definition) is 4. The molecule has 2 fully saturated rings. The molecule has 1 heterocycles. The first-order valence-electron chi connectivity index (χ1n) is 10.6. The van der Waals surface area contributed by atoms with Crippen LogP contribution in [0.15, 0.2) is 10.6 Å². The van der Waals surface area contributed by atoms with E-state index in [9.17, 15) is 9.59 Å².